The van der Waals surface area contributed by atoms with Crippen molar-refractivity contribution in [3.05, 3.63) is 0 Å². The fourth-order valence-corrected chi connectivity index (χ4v) is 2.46. The number of nitrogens with zero attached hydrogens (tertiary/aromatic N) is 2. The van der Waals surface area contributed by atoms with Gasteiger partial charge in [0.25, 0.3) is 0 Å². The fourth-order valence-electron chi connectivity index (χ4n) is 2.46. The van der Waals surface area contributed by atoms with Crippen LogP contribution in [0.2, 0.25) is 0 Å². The Kier molecular flexibility index (Phi) is 5.56. The van der Waals surface area contributed by atoms with Crippen molar-refractivity contribution in [2.24, 2.45) is 5.92 Å². The maximum absolute atomic E-state index is 11.2. The molecule has 1 saturated heterocycles. The van der Waals surface area contributed by atoms with E-state index in [0.717, 1.165) is 25.6 Å². The van der Waals surface area contributed by atoms with E-state index in [2.05, 4.69) is 29.2 Å². The lowest BCUT2D eigenvalue weighted by Gasteiger charge is -2.28. The second-order valence-corrected chi connectivity index (χ2v) is 5.82. The molecular weight excluding hydrogens is 230 g/mol. The fraction of sp³-hybridized carbons (Fsp3) is 0.923. The van der Waals surface area contributed by atoms with Crippen molar-refractivity contribution >= 4 is 5.97 Å². The molecule has 0 aromatic heterocycles. The molecule has 0 bridgehead atoms. The molecule has 0 aromatic carbocycles. The summed E-state index contributed by atoms with van der Waals surface area (Å²) >= 11 is 0. The Hall–Kier alpha value is -0.650. The summed E-state index contributed by atoms with van der Waals surface area (Å²) in [5.41, 5.74) is -0.819. The Morgan fingerprint density at radius 3 is 2.72 bits per heavy atom. The standard InChI is InChI=1S/C13H27N3O2/c1-13(14-2,12(17)18)6-8-16(4)10-11-5-7-15(3)9-11/h11,14H,5-10H2,1-4H3,(H,17,18). The first-order chi connectivity index (χ1) is 8.37. The number of carbonyl (C=O) groups is 1. The van der Waals surface area contributed by atoms with Crippen LogP contribution in [-0.2, 0) is 4.79 Å². The summed E-state index contributed by atoms with van der Waals surface area (Å²) in [6.07, 6.45) is 1.88. The van der Waals surface area contributed by atoms with E-state index in [-0.39, 0.29) is 0 Å². The molecule has 2 N–H and O–H groups in total. The van der Waals surface area contributed by atoms with Crippen molar-refractivity contribution in [3.63, 3.8) is 0 Å². The smallest absolute Gasteiger partial charge is 0.323 e. The van der Waals surface area contributed by atoms with Gasteiger partial charge in [0, 0.05) is 19.6 Å². The molecule has 0 spiro atoms. The highest BCUT2D eigenvalue weighted by Gasteiger charge is 2.31. The molecule has 0 aromatic rings. The summed E-state index contributed by atoms with van der Waals surface area (Å²) in [7, 11) is 5.94. The normalized spacial score (nSPS) is 24.4. The van der Waals surface area contributed by atoms with Gasteiger partial charge in [-0.2, -0.15) is 0 Å². The highest BCUT2D eigenvalue weighted by Crippen LogP contribution is 2.16. The Morgan fingerprint density at radius 1 is 1.61 bits per heavy atom. The van der Waals surface area contributed by atoms with Crippen LogP contribution in [0.25, 0.3) is 0 Å². The van der Waals surface area contributed by atoms with Crippen LogP contribution in [0.3, 0.4) is 0 Å². The summed E-state index contributed by atoms with van der Waals surface area (Å²) in [6, 6.07) is 0. The van der Waals surface area contributed by atoms with E-state index in [1.54, 1.807) is 14.0 Å². The molecule has 1 fully saturated rings. The van der Waals surface area contributed by atoms with Crippen LogP contribution >= 0.6 is 0 Å². The van der Waals surface area contributed by atoms with Gasteiger partial charge in [-0.25, -0.2) is 0 Å². The van der Waals surface area contributed by atoms with Crippen molar-refractivity contribution < 1.29 is 9.90 Å². The monoisotopic (exact) mass is 257 g/mol. The van der Waals surface area contributed by atoms with E-state index < -0.39 is 11.5 Å². The van der Waals surface area contributed by atoms with E-state index >= 15 is 0 Å². The summed E-state index contributed by atoms with van der Waals surface area (Å²) in [5, 5.41) is 12.1. The lowest BCUT2D eigenvalue weighted by atomic mass is 9.98. The number of likely N-dealkylation sites (N-methyl/N-ethyl adjacent to an activating group) is 1. The minimum absolute atomic E-state index is 0.623. The first-order valence-electron chi connectivity index (χ1n) is 6.67. The van der Waals surface area contributed by atoms with Gasteiger partial charge in [0.05, 0.1) is 0 Å². The number of hydrogen-bond donors (Lipinski definition) is 2. The number of rotatable bonds is 7. The summed E-state index contributed by atoms with van der Waals surface area (Å²) in [4.78, 5) is 15.8. The van der Waals surface area contributed by atoms with Gasteiger partial charge < -0.3 is 20.2 Å². The van der Waals surface area contributed by atoms with Crippen LogP contribution in [-0.4, -0.2) is 73.7 Å². The lowest BCUT2D eigenvalue weighted by molar-refractivity contribution is -0.144. The molecule has 0 radical (unpaired) electrons. The van der Waals surface area contributed by atoms with E-state index in [1.165, 1.54) is 13.0 Å². The van der Waals surface area contributed by atoms with E-state index in [0.29, 0.717) is 6.42 Å². The van der Waals surface area contributed by atoms with Gasteiger partial charge in [-0.1, -0.05) is 0 Å². The van der Waals surface area contributed by atoms with Gasteiger partial charge in [-0.15, -0.1) is 0 Å². The molecule has 5 heteroatoms. The summed E-state index contributed by atoms with van der Waals surface area (Å²) in [6.45, 7) is 5.95. The molecule has 0 aliphatic carbocycles. The van der Waals surface area contributed by atoms with Gasteiger partial charge in [0.15, 0.2) is 0 Å². The molecule has 5 nitrogen and oxygen atoms in total. The van der Waals surface area contributed by atoms with Crippen molar-refractivity contribution in [1.29, 1.82) is 0 Å². The number of carboxylic acid groups (broad SMARTS) is 1. The average molecular weight is 257 g/mol. The minimum Gasteiger partial charge on any atom is -0.480 e. The van der Waals surface area contributed by atoms with E-state index in [1.807, 2.05) is 0 Å². The molecule has 1 aliphatic heterocycles. The zero-order valence-electron chi connectivity index (χ0n) is 12.1. The maximum atomic E-state index is 11.2. The maximum Gasteiger partial charge on any atom is 0.323 e. The highest BCUT2D eigenvalue weighted by molar-refractivity contribution is 5.78. The first kappa shape index (κ1) is 15.4. The van der Waals surface area contributed by atoms with Crippen molar-refractivity contribution in [3.8, 4) is 0 Å². The molecule has 106 valence electrons. The molecule has 1 rings (SSSR count). The second kappa shape index (κ2) is 6.50. The van der Waals surface area contributed by atoms with Gasteiger partial charge in [-0.3, -0.25) is 4.79 Å². The molecule has 1 heterocycles. The van der Waals surface area contributed by atoms with Crippen molar-refractivity contribution in [2.75, 3.05) is 47.3 Å². The SMILES string of the molecule is CNC(C)(CCN(C)CC1CCN(C)C1)C(=O)O. The Labute approximate surface area is 110 Å². The number of hydrogen-bond acceptors (Lipinski definition) is 4. The van der Waals surface area contributed by atoms with Crippen molar-refractivity contribution in [2.45, 2.75) is 25.3 Å². The van der Waals surface area contributed by atoms with Gasteiger partial charge in [0.1, 0.15) is 5.54 Å². The van der Waals surface area contributed by atoms with E-state index in [9.17, 15) is 9.90 Å². The first-order valence-corrected chi connectivity index (χ1v) is 6.67. The molecule has 1 aliphatic rings. The van der Waals surface area contributed by atoms with Crippen molar-refractivity contribution in [1.82, 2.24) is 15.1 Å². The third-order valence-electron chi connectivity index (χ3n) is 4.08. The molecule has 18 heavy (non-hydrogen) atoms. The van der Waals surface area contributed by atoms with Gasteiger partial charge >= 0.3 is 5.97 Å². The van der Waals surface area contributed by atoms with Crippen LogP contribution in [0.1, 0.15) is 19.8 Å². The minimum atomic E-state index is -0.819. The third kappa shape index (κ3) is 4.23. The summed E-state index contributed by atoms with van der Waals surface area (Å²) < 4.78 is 0. The lowest BCUT2D eigenvalue weighted by Crippen LogP contribution is -2.49. The average Bonchev–Trinajstić information content (AvgIpc) is 2.71. The highest BCUT2D eigenvalue weighted by atomic mass is 16.4. The third-order valence-corrected chi connectivity index (χ3v) is 4.08. The predicted molar refractivity (Wildman–Crippen MR) is 72.8 cm³/mol. The molecule has 0 saturated carbocycles. The number of carboxylic acids is 1. The number of nitrogens with one attached hydrogen (secondary N) is 1. The Bertz CT molecular complexity index is 285. The zero-order valence-corrected chi connectivity index (χ0v) is 12.1. The van der Waals surface area contributed by atoms with Gasteiger partial charge in [-0.05, 0) is 53.4 Å². The largest absolute Gasteiger partial charge is 0.480 e. The molecule has 0 amide bonds. The molecular formula is C13H27N3O2. The number of likely N-dealkylation sites (tertiary alicyclic amines) is 1. The zero-order chi connectivity index (χ0) is 13.8. The van der Waals surface area contributed by atoms with Crippen LogP contribution in [0.4, 0.5) is 0 Å². The number of aliphatic carboxylic acids is 1. The van der Waals surface area contributed by atoms with Crippen LogP contribution in [0, 0.1) is 5.92 Å². The van der Waals surface area contributed by atoms with Crippen LogP contribution < -0.4 is 5.32 Å². The summed E-state index contributed by atoms with van der Waals surface area (Å²) in [5.74, 6) is -0.0512. The molecule has 2 unspecified atom stereocenters. The van der Waals surface area contributed by atoms with Crippen LogP contribution in [0.15, 0.2) is 0 Å². The Morgan fingerprint density at radius 2 is 2.28 bits per heavy atom. The molecule has 2 atom stereocenters. The van der Waals surface area contributed by atoms with Gasteiger partial charge in [0.2, 0.25) is 0 Å². The Balaban J connectivity index is 2.32. The second-order valence-electron chi connectivity index (χ2n) is 5.82. The predicted octanol–water partition coefficient (Wildman–Crippen LogP) is 0.323. The van der Waals surface area contributed by atoms with E-state index in [4.69, 9.17) is 0 Å². The topological polar surface area (TPSA) is 55.8 Å². The van der Waals surface area contributed by atoms with Crippen LogP contribution in [0.5, 0.6) is 0 Å². The quantitative estimate of drug-likeness (QED) is 0.688.